The molecule has 1 N–H and O–H groups in total. The van der Waals surface area contributed by atoms with Gasteiger partial charge in [0.25, 0.3) is 0 Å². The molecule has 6 rings (SSSR count). The van der Waals surface area contributed by atoms with Crippen molar-refractivity contribution in [2.24, 2.45) is 5.92 Å². The second-order valence-electron chi connectivity index (χ2n) is 9.85. The van der Waals surface area contributed by atoms with Crippen LogP contribution in [-0.4, -0.2) is 58.2 Å². The molecule has 4 aromatic rings. The van der Waals surface area contributed by atoms with Crippen molar-refractivity contribution in [3.8, 4) is 17.3 Å². The molecule has 3 heterocycles. The maximum Gasteiger partial charge on any atom is 0.248 e. The van der Waals surface area contributed by atoms with Gasteiger partial charge >= 0.3 is 0 Å². The first-order chi connectivity index (χ1) is 17.4. The number of rotatable bonds is 8. The van der Waals surface area contributed by atoms with E-state index in [0.29, 0.717) is 41.1 Å². The summed E-state index contributed by atoms with van der Waals surface area (Å²) in [4.78, 5) is 18.8. The molecule has 1 aliphatic heterocycles. The highest BCUT2D eigenvalue weighted by molar-refractivity contribution is 5.98. The number of hydrogen-bond acceptors (Lipinski definition) is 5. The minimum Gasteiger partial charge on any atom is -0.494 e. The van der Waals surface area contributed by atoms with E-state index < -0.39 is 5.92 Å². The molecule has 0 saturated heterocycles. The molecule has 0 radical (unpaired) electrons. The van der Waals surface area contributed by atoms with Crippen molar-refractivity contribution >= 4 is 33.9 Å². The molecule has 1 saturated carbocycles. The van der Waals surface area contributed by atoms with Crippen LogP contribution < -0.4 is 9.64 Å². The summed E-state index contributed by atoms with van der Waals surface area (Å²) in [5.41, 5.74) is 4.90. The SMILES string of the molecule is COc1cc(C=O)cc2nc(-c3cc4cccc5c4n3CCN5CCCO)n(CC3CC(F)(F)C3)c12. The van der Waals surface area contributed by atoms with E-state index in [1.54, 1.807) is 19.2 Å². The van der Waals surface area contributed by atoms with Crippen LogP contribution in [0.2, 0.25) is 0 Å². The molecule has 2 aliphatic rings. The quantitative estimate of drug-likeness (QED) is 0.359. The van der Waals surface area contributed by atoms with Crippen molar-refractivity contribution in [3.63, 3.8) is 0 Å². The Labute approximate surface area is 206 Å². The lowest BCUT2D eigenvalue weighted by atomic mass is 9.81. The Morgan fingerprint density at radius 2 is 2.03 bits per heavy atom. The highest BCUT2D eigenvalue weighted by atomic mass is 19.3. The Kier molecular flexibility index (Phi) is 5.48. The molecule has 0 amide bonds. The monoisotopic (exact) mass is 494 g/mol. The van der Waals surface area contributed by atoms with Crippen LogP contribution >= 0.6 is 0 Å². The van der Waals surface area contributed by atoms with Gasteiger partial charge in [0.1, 0.15) is 17.6 Å². The van der Waals surface area contributed by atoms with Gasteiger partial charge in [0.15, 0.2) is 5.82 Å². The number of imidazole rings is 1. The smallest absolute Gasteiger partial charge is 0.248 e. The van der Waals surface area contributed by atoms with Gasteiger partial charge < -0.3 is 23.9 Å². The molecule has 2 aromatic carbocycles. The standard InChI is InChI=1S/C27H28F2N4O3/c1-36-23-11-17(16-35)10-20-25(23)33(15-18-13-27(28,29)14-18)26(30-20)22-12-19-4-2-5-21-24(19)32(22)8-7-31(21)6-3-9-34/h2,4-5,10-12,16,18,34H,3,6-9,13-15H2,1H3. The summed E-state index contributed by atoms with van der Waals surface area (Å²) < 4.78 is 37.3. The van der Waals surface area contributed by atoms with Crippen molar-refractivity contribution in [1.82, 2.24) is 14.1 Å². The Hall–Kier alpha value is -3.46. The number of aldehydes is 1. The number of aromatic nitrogens is 3. The molecule has 7 nitrogen and oxygen atoms in total. The second-order valence-corrected chi connectivity index (χ2v) is 9.85. The lowest BCUT2D eigenvalue weighted by Gasteiger charge is -2.35. The summed E-state index contributed by atoms with van der Waals surface area (Å²) in [6, 6.07) is 11.7. The zero-order valence-electron chi connectivity index (χ0n) is 20.1. The third-order valence-electron chi connectivity index (χ3n) is 7.45. The average Bonchev–Trinajstić information content (AvgIpc) is 3.41. The van der Waals surface area contributed by atoms with Gasteiger partial charge in [0.2, 0.25) is 5.92 Å². The van der Waals surface area contributed by atoms with Gasteiger partial charge in [-0.25, -0.2) is 13.8 Å². The van der Waals surface area contributed by atoms with Crippen LogP contribution in [0.3, 0.4) is 0 Å². The number of aliphatic hydroxyl groups is 1. The number of nitrogens with zero attached hydrogens (tertiary/aromatic N) is 4. The lowest BCUT2D eigenvalue weighted by Crippen LogP contribution is -2.37. The summed E-state index contributed by atoms with van der Waals surface area (Å²) >= 11 is 0. The molecule has 0 bridgehead atoms. The van der Waals surface area contributed by atoms with Gasteiger partial charge in [-0.15, -0.1) is 0 Å². The predicted octanol–water partition coefficient (Wildman–Crippen LogP) is 4.73. The van der Waals surface area contributed by atoms with Crippen LogP contribution in [0.25, 0.3) is 33.5 Å². The van der Waals surface area contributed by atoms with Crippen LogP contribution in [0.1, 0.15) is 29.6 Å². The predicted molar refractivity (Wildman–Crippen MR) is 134 cm³/mol. The first-order valence-corrected chi connectivity index (χ1v) is 12.3. The zero-order chi connectivity index (χ0) is 25.0. The van der Waals surface area contributed by atoms with E-state index in [2.05, 4.69) is 27.7 Å². The van der Waals surface area contributed by atoms with Gasteiger partial charge in [-0.3, -0.25) is 4.79 Å². The van der Waals surface area contributed by atoms with E-state index in [1.807, 2.05) is 10.6 Å². The highest BCUT2D eigenvalue weighted by Gasteiger charge is 2.45. The number of halogens is 2. The van der Waals surface area contributed by atoms with Gasteiger partial charge in [-0.05, 0) is 36.6 Å². The molecule has 36 heavy (non-hydrogen) atoms. The molecule has 1 fully saturated rings. The molecule has 0 atom stereocenters. The Bertz CT molecular complexity index is 1470. The molecular formula is C27H28F2N4O3. The first-order valence-electron chi connectivity index (χ1n) is 12.3. The Morgan fingerprint density at radius 3 is 2.75 bits per heavy atom. The lowest BCUT2D eigenvalue weighted by molar-refractivity contribution is -0.113. The Balaban J connectivity index is 1.54. The van der Waals surface area contributed by atoms with Crippen LogP contribution in [-0.2, 0) is 13.1 Å². The average molecular weight is 495 g/mol. The van der Waals surface area contributed by atoms with Gasteiger partial charge in [-0.2, -0.15) is 0 Å². The number of fused-ring (bicyclic) bond motifs is 1. The van der Waals surface area contributed by atoms with E-state index in [9.17, 15) is 18.7 Å². The summed E-state index contributed by atoms with van der Waals surface area (Å²) in [6.07, 6.45) is 1.17. The fourth-order valence-electron chi connectivity index (χ4n) is 5.83. The third-order valence-corrected chi connectivity index (χ3v) is 7.45. The topological polar surface area (TPSA) is 72.5 Å². The third kappa shape index (κ3) is 3.64. The minimum atomic E-state index is -2.61. The number of benzene rings is 2. The molecule has 0 spiro atoms. The zero-order valence-corrected chi connectivity index (χ0v) is 20.1. The number of hydrogen-bond donors (Lipinski definition) is 1. The highest BCUT2D eigenvalue weighted by Crippen LogP contribution is 2.45. The number of aliphatic hydroxyl groups excluding tert-OH is 1. The van der Waals surface area contributed by atoms with E-state index >= 15 is 0 Å². The number of methoxy groups -OCH3 is 1. The van der Waals surface area contributed by atoms with Crippen molar-refractivity contribution < 1.29 is 23.4 Å². The van der Waals surface area contributed by atoms with Crippen molar-refractivity contribution in [2.75, 3.05) is 31.7 Å². The van der Waals surface area contributed by atoms with E-state index in [0.717, 1.165) is 48.2 Å². The molecule has 1 aliphatic carbocycles. The summed E-state index contributed by atoms with van der Waals surface area (Å²) in [6.45, 7) is 2.85. The Morgan fingerprint density at radius 1 is 1.19 bits per heavy atom. The molecule has 2 aromatic heterocycles. The first kappa shape index (κ1) is 23.0. The molecule has 9 heteroatoms. The van der Waals surface area contributed by atoms with Crippen LogP contribution in [0, 0.1) is 5.92 Å². The maximum atomic E-state index is 13.7. The number of para-hydroxylation sites is 1. The fraction of sp³-hybridized carbons (Fsp3) is 0.407. The fourth-order valence-corrected chi connectivity index (χ4v) is 5.83. The van der Waals surface area contributed by atoms with E-state index in [4.69, 9.17) is 9.72 Å². The van der Waals surface area contributed by atoms with E-state index in [1.165, 1.54) is 0 Å². The van der Waals surface area contributed by atoms with Crippen LogP contribution in [0.15, 0.2) is 36.4 Å². The van der Waals surface area contributed by atoms with Crippen LogP contribution in [0.5, 0.6) is 5.75 Å². The largest absolute Gasteiger partial charge is 0.494 e. The minimum absolute atomic E-state index is 0.145. The molecule has 0 unspecified atom stereocenters. The summed E-state index contributed by atoms with van der Waals surface area (Å²) in [7, 11) is 1.54. The summed E-state index contributed by atoms with van der Waals surface area (Å²) in [5.74, 6) is -1.59. The number of ether oxygens (including phenoxy) is 1. The van der Waals surface area contributed by atoms with Gasteiger partial charge in [0.05, 0.1) is 29.5 Å². The maximum absolute atomic E-state index is 13.7. The van der Waals surface area contributed by atoms with E-state index in [-0.39, 0.29) is 25.4 Å². The van der Waals surface area contributed by atoms with Crippen molar-refractivity contribution in [3.05, 3.63) is 42.0 Å². The number of carbonyl (C=O) groups excluding carboxylic acids is 1. The normalized spacial score (nSPS) is 17.1. The molecule has 188 valence electrons. The second kappa shape index (κ2) is 8.58. The van der Waals surface area contributed by atoms with Crippen molar-refractivity contribution in [1.29, 1.82) is 0 Å². The van der Waals surface area contributed by atoms with Gasteiger partial charge in [0, 0.05) is 56.6 Å². The number of anilines is 1. The molecular weight excluding hydrogens is 466 g/mol. The van der Waals surface area contributed by atoms with Crippen molar-refractivity contribution in [2.45, 2.75) is 38.3 Å². The van der Waals surface area contributed by atoms with Crippen LogP contribution in [0.4, 0.5) is 14.5 Å². The number of carbonyl (C=O) groups is 1. The van der Waals surface area contributed by atoms with Gasteiger partial charge in [-0.1, -0.05) is 12.1 Å². The summed E-state index contributed by atoms with van der Waals surface area (Å²) in [5, 5.41) is 10.4. The number of alkyl halides is 2.